The number of hydrogen-bond donors (Lipinski definition) is 0. The molecule has 5 aromatic rings. The summed E-state index contributed by atoms with van der Waals surface area (Å²) in [5.74, 6) is -2.71. The lowest BCUT2D eigenvalue weighted by atomic mass is 9.93. The first-order valence-electron chi connectivity index (χ1n) is 14.9. The average molecular weight is 628 g/mol. The molecule has 0 N–H and O–H groups in total. The number of para-hydroxylation sites is 1. The van der Waals surface area contributed by atoms with Crippen LogP contribution in [0.4, 0.5) is 19.3 Å². The minimum Gasteiger partial charge on any atom is -0.457 e. The van der Waals surface area contributed by atoms with Crippen LogP contribution in [-0.2, 0) is 11.3 Å². The Kier molecular flexibility index (Phi) is 8.55. The number of benzene rings is 3. The number of aryl methyl sites for hydroxylation is 2. The van der Waals surface area contributed by atoms with Gasteiger partial charge in [-0.3, -0.25) is 4.90 Å². The number of carbonyl (C=O) groups excluding carboxylic acids is 2. The molecule has 13 heteroatoms. The van der Waals surface area contributed by atoms with Crippen LogP contribution in [0.3, 0.4) is 0 Å². The number of rotatable bonds is 7. The molecule has 0 atom stereocenters. The molecular formula is C33H31F2N7O4. The summed E-state index contributed by atoms with van der Waals surface area (Å²) in [6, 6.07) is 17.9. The molecule has 0 unspecified atom stereocenters. The van der Waals surface area contributed by atoms with Gasteiger partial charge in [0.05, 0.1) is 16.9 Å². The predicted octanol–water partition coefficient (Wildman–Crippen LogP) is 5.67. The fourth-order valence-corrected chi connectivity index (χ4v) is 5.81. The molecule has 1 amide bonds. The standard InChI is InChI=1S/C33H31F2N7O4/c1-21-18-22(2)40(36-21)29-17-16-25(19-26(29)31(43)46-20-23-10-5-3-6-11-23)39(24-12-7-4-8-13-24)32(44)42-33(45)41(37-38-42)30-27(34)14-9-15-28(30)35/h3,5-6,9-11,14-19,24H,4,7-8,12-13,20H2,1-2H3. The van der Waals surface area contributed by atoms with E-state index in [4.69, 9.17) is 4.74 Å². The summed E-state index contributed by atoms with van der Waals surface area (Å²) in [6.45, 7) is 3.72. The number of esters is 1. The van der Waals surface area contributed by atoms with Gasteiger partial charge < -0.3 is 4.74 Å². The Balaban J connectivity index is 1.43. The van der Waals surface area contributed by atoms with Crippen molar-refractivity contribution in [2.24, 2.45) is 0 Å². The number of aromatic nitrogens is 6. The van der Waals surface area contributed by atoms with Gasteiger partial charge in [0.25, 0.3) is 0 Å². The van der Waals surface area contributed by atoms with Crippen LogP contribution >= 0.6 is 0 Å². The lowest BCUT2D eigenvalue weighted by Crippen LogP contribution is -2.47. The molecule has 46 heavy (non-hydrogen) atoms. The Morgan fingerprint density at radius 1 is 0.891 bits per heavy atom. The van der Waals surface area contributed by atoms with E-state index in [2.05, 4.69) is 15.5 Å². The first-order valence-corrected chi connectivity index (χ1v) is 14.9. The Morgan fingerprint density at radius 2 is 1.61 bits per heavy atom. The molecule has 3 aromatic carbocycles. The molecule has 1 fully saturated rings. The van der Waals surface area contributed by atoms with Crippen molar-refractivity contribution in [1.82, 2.24) is 29.6 Å². The van der Waals surface area contributed by atoms with E-state index in [0.717, 1.165) is 54.4 Å². The molecule has 0 spiro atoms. The van der Waals surface area contributed by atoms with Gasteiger partial charge in [-0.05, 0) is 79.1 Å². The van der Waals surface area contributed by atoms with Crippen LogP contribution in [0.5, 0.6) is 0 Å². The summed E-state index contributed by atoms with van der Waals surface area (Å²) < 4.78 is 37.3. The van der Waals surface area contributed by atoms with Crippen LogP contribution in [0.1, 0.15) is 59.4 Å². The number of carbonyl (C=O) groups is 2. The molecule has 0 saturated heterocycles. The normalized spacial score (nSPS) is 13.5. The second-order valence-electron chi connectivity index (χ2n) is 11.2. The van der Waals surface area contributed by atoms with Crippen molar-refractivity contribution in [3.63, 3.8) is 0 Å². The maximum atomic E-state index is 14.5. The number of hydrogen-bond acceptors (Lipinski definition) is 7. The largest absolute Gasteiger partial charge is 0.457 e. The summed E-state index contributed by atoms with van der Waals surface area (Å²) in [4.78, 5) is 42.6. The van der Waals surface area contributed by atoms with E-state index in [1.54, 1.807) is 16.8 Å². The quantitative estimate of drug-likeness (QED) is 0.169. The van der Waals surface area contributed by atoms with E-state index < -0.39 is 35.0 Å². The number of amides is 1. The lowest BCUT2D eigenvalue weighted by molar-refractivity contribution is 0.0472. The van der Waals surface area contributed by atoms with E-state index >= 15 is 0 Å². The van der Waals surface area contributed by atoms with E-state index in [1.807, 2.05) is 50.2 Å². The zero-order valence-corrected chi connectivity index (χ0v) is 25.3. The Morgan fingerprint density at radius 3 is 2.28 bits per heavy atom. The molecule has 1 aliphatic carbocycles. The van der Waals surface area contributed by atoms with Crippen molar-refractivity contribution in [3.8, 4) is 11.4 Å². The van der Waals surface area contributed by atoms with Gasteiger partial charge in [0.15, 0.2) is 11.6 Å². The molecule has 2 aromatic heterocycles. The summed E-state index contributed by atoms with van der Waals surface area (Å²) >= 11 is 0. The first-order chi connectivity index (χ1) is 22.2. The highest BCUT2D eigenvalue weighted by atomic mass is 19.1. The van der Waals surface area contributed by atoms with Crippen molar-refractivity contribution in [2.45, 2.75) is 58.6 Å². The van der Waals surface area contributed by atoms with Gasteiger partial charge in [-0.2, -0.15) is 9.78 Å². The number of ether oxygens (including phenoxy) is 1. The molecule has 1 aliphatic rings. The number of halogens is 2. The summed E-state index contributed by atoms with van der Waals surface area (Å²) in [5, 5.41) is 11.9. The van der Waals surface area contributed by atoms with E-state index in [1.165, 1.54) is 11.0 Å². The number of tetrazole rings is 1. The third kappa shape index (κ3) is 5.95. The smallest absolute Gasteiger partial charge is 0.377 e. The third-order valence-corrected chi connectivity index (χ3v) is 7.99. The Bertz CT molecular complexity index is 1940. The predicted molar refractivity (Wildman–Crippen MR) is 164 cm³/mol. The molecule has 11 nitrogen and oxygen atoms in total. The van der Waals surface area contributed by atoms with Gasteiger partial charge in [-0.1, -0.05) is 55.7 Å². The fraction of sp³-hybridized carbons (Fsp3) is 0.273. The zero-order chi connectivity index (χ0) is 32.4. The minimum absolute atomic E-state index is 0.0246. The highest BCUT2D eigenvalue weighted by Crippen LogP contribution is 2.31. The minimum atomic E-state index is -1.14. The van der Waals surface area contributed by atoms with Crippen molar-refractivity contribution in [3.05, 3.63) is 117 Å². The molecule has 0 aliphatic heterocycles. The Labute approximate surface area is 262 Å². The molecule has 236 valence electrons. The van der Waals surface area contributed by atoms with Crippen molar-refractivity contribution < 1.29 is 23.1 Å². The molecule has 2 heterocycles. The summed E-state index contributed by atoms with van der Waals surface area (Å²) in [6.07, 6.45) is 3.92. The maximum absolute atomic E-state index is 14.5. The van der Waals surface area contributed by atoms with E-state index in [0.29, 0.717) is 33.6 Å². The molecule has 1 saturated carbocycles. The second kappa shape index (κ2) is 12.9. The Hall–Kier alpha value is -5.46. The van der Waals surface area contributed by atoms with Crippen molar-refractivity contribution in [1.29, 1.82) is 0 Å². The zero-order valence-electron chi connectivity index (χ0n) is 25.3. The average Bonchev–Trinajstić information content (AvgIpc) is 3.61. The monoisotopic (exact) mass is 627 g/mol. The molecule has 6 rings (SSSR count). The molecular weight excluding hydrogens is 596 g/mol. The highest BCUT2D eigenvalue weighted by molar-refractivity contribution is 5.98. The summed E-state index contributed by atoms with van der Waals surface area (Å²) in [7, 11) is 0. The van der Waals surface area contributed by atoms with Crippen LogP contribution in [-0.4, -0.2) is 47.6 Å². The van der Waals surface area contributed by atoms with Crippen LogP contribution in [0.25, 0.3) is 11.4 Å². The molecule has 0 radical (unpaired) electrons. The molecule has 0 bridgehead atoms. The first kappa shape index (κ1) is 30.6. The van der Waals surface area contributed by atoms with Gasteiger partial charge in [0.1, 0.15) is 12.3 Å². The van der Waals surface area contributed by atoms with Crippen molar-refractivity contribution >= 4 is 17.7 Å². The van der Waals surface area contributed by atoms with Gasteiger partial charge in [0.2, 0.25) is 0 Å². The van der Waals surface area contributed by atoms with Crippen LogP contribution in [0.15, 0.2) is 77.6 Å². The SMILES string of the molecule is Cc1cc(C)n(-c2ccc(N(C(=O)n3nnn(-c4c(F)cccc4F)c3=O)C3CCCCC3)cc2C(=O)OCc2ccccc2)n1. The van der Waals surface area contributed by atoms with E-state index in [-0.39, 0.29) is 18.2 Å². The van der Waals surface area contributed by atoms with E-state index in [9.17, 15) is 23.2 Å². The van der Waals surface area contributed by atoms with Gasteiger partial charge in [-0.15, -0.1) is 4.68 Å². The summed E-state index contributed by atoms with van der Waals surface area (Å²) in [5.41, 5.74) is 1.35. The van der Waals surface area contributed by atoms with Crippen molar-refractivity contribution in [2.75, 3.05) is 4.90 Å². The second-order valence-corrected chi connectivity index (χ2v) is 11.2. The topological polar surface area (TPSA) is 117 Å². The lowest BCUT2D eigenvalue weighted by Gasteiger charge is -2.34. The number of anilines is 1. The number of nitrogens with zero attached hydrogens (tertiary/aromatic N) is 7. The van der Waals surface area contributed by atoms with Gasteiger partial charge >= 0.3 is 17.7 Å². The maximum Gasteiger partial charge on any atom is 0.377 e. The third-order valence-electron chi connectivity index (χ3n) is 7.99. The highest BCUT2D eigenvalue weighted by Gasteiger charge is 2.32. The fourth-order valence-electron chi connectivity index (χ4n) is 5.81. The van der Waals surface area contributed by atoms with Gasteiger partial charge in [0, 0.05) is 17.4 Å². The van der Waals surface area contributed by atoms with Crippen LogP contribution in [0.2, 0.25) is 0 Å². The van der Waals surface area contributed by atoms with Crippen LogP contribution in [0, 0.1) is 25.5 Å². The van der Waals surface area contributed by atoms with Crippen LogP contribution < -0.4 is 10.6 Å². The van der Waals surface area contributed by atoms with Gasteiger partial charge in [-0.25, -0.2) is 27.8 Å².